The van der Waals surface area contributed by atoms with Crippen LogP contribution < -0.4 is 11.5 Å². The van der Waals surface area contributed by atoms with Crippen LogP contribution in [0.25, 0.3) is 11.0 Å². The fourth-order valence-electron chi connectivity index (χ4n) is 1.60. The number of fused-ring (bicyclic) bond motifs is 1. The number of pyridine rings is 1. The smallest absolute Gasteiger partial charge is 0.105 e. The second-order valence-corrected chi connectivity index (χ2v) is 3.56. The maximum Gasteiger partial charge on any atom is 0.105 e. The van der Waals surface area contributed by atoms with Crippen molar-refractivity contribution in [2.45, 2.75) is 19.5 Å². The molecule has 0 spiro atoms. The topological polar surface area (TPSA) is 69.9 Å². The van der Waals surface area contributed by atoms with Gasteiger partial charge in [-0.2, -0.15) is 0 Å². The Balaban J connectivity index is 2.56. The summed E-state index contributed by atoms with van der Waals surface area (Å²) in [7, 11) is 0. The predicted molar refractivity (Wildman–Crippen MR) is 57.8 cm³/mol. The Morgan fingerprint density at radius 1 is 1.57 bits per heavy atom. The quantitative estimate of drug-likeness (QED) is 0.741. The summed E-state index contributed by atoms with van der Waals surface area (Å²) in [6, 6.07) is 5.87. The molecule has 0 aliphatic carbocycles. The largest absolute Gasteiger partial charge is 0.385 e. The molecule has 2 heterocycles. The van der Waals surface area contributed by atoms with Gasteiger partial charge >= 0.3 is 0 Å². The van der Waals surface area contributed by atoms with E-state index in [4.69, 9.17) is 11.5 Å². The van der Waals surface area contributed by atoms with Crippen molar-refractivity contribution in [3.63, 3.8) is 0 Å². The number of nitrogens with two attached hydrogens (primary N) is 2. The minimum atomic E-state index is 0.0908. The van der Waals surface area contributed by atoms with Crippen LogP contribution in [0.4, 0.5) is 5.82 Å². The molecule has 0 fully saturated rings. The molecule has 0 aliphatic heterocycles. The molecule has 1 unspecified atom stereocenters. The second-order valence-electron chi connectivity index (χ2n) is 3.56. The number of hydrogen-bond donors (Lipinski definition) is 2. The van der Waals surface area contributed by atoms with E-state index in [1.165, 1.54) is 0 Å². The normalized spacial score (nSPS) is 13.3. The first-order valence-corrected chi connectivity index (χ1v) is 4.64. The van der Waals surface area contributed by atoms with E-state index in [1.807, 2.05) is 29.7 Å². The lowest BCUT2D eigenvalue weighted by atomic mass is 10.3. The Hall–Kier alpha value is -1.55. The third-order valence-electron chi connectivity index (χ3n) is 2.17. The Morgan fingerprint density at radius 3 is 3.07 bits per heavy atom. The van der Waals surface area contributed by atoms with Gasteiger partial charge in [0.15, 0.2) is 0 Å². The fourth-order valence-corrected chi connectivity index (χ4v) is 1.60. The molecular formula is C10H14N4. The molecule has 0 saturated heterocycles. The van der Waals surface area contributed by atoms with E-state index in [-0.39, 0.29) is 6.04 Å². The molecule has 4 N–H and O–H groups in total. The summed E-state index contributed by atoms with van der Waals surface area (Å²) in [6.45, 7) is 2.68. The van der Waals surface area contributed by atoms with Gasteiger partial charge in [-0.3, -0.25) is 4.98 Å². The molecule has 2 aromatic rings. The van der Waals surface area contributed by atoms with Gasteiger partial charge in [0.05, 0.1) is 11.0 Å². The Morgan fingerprint density at radius 2 is 2.36 bits per heavy atom. The molecule has 0 aliphatic rings. The molecule has 0 bridgehead atoms. The van der Waals surface area contributed by atoms with Gasteiger partial charge in [-0.05, 0) is 19.1 Å². The number of aromatic nitrogens is 2. The van der Waals surface area contributed by atoms with Crippen molar-refractivity contribution >= 4 is 16.9 Å². The maximum atomic E-state index is 5.87. The first-order valence-electron chi connectivity index (χ1n) is 4.64. The third kappa shape index (κ3) is 1.44. The first-order chi connectivity index (χ1) is 6.68. The highest BCUT2D eigenvalue weighted by atomic mass is 15.1. The standard InChI is InChI=1S/C10H14N4/c1-7(11)6-14-9-3-2-4-13-8(9)5-10(14)12/h2-5,7H,6,11-12H2,1H3. The Kier molecular flexibility index (Phi) is 2.13. The van der Waals surface area contributed by atoms with E-state index in [0.29, 0.717) is 0 Å². The van der Waals surface area contributed by atoms with E-state index in [1.54, 1.807) is 6.20 Å². The van der Waals surface area contributed by atoms with Gasteiger partial charge in [0.1, 0.15) is 5.82 Å². The zero-order chi connectivity index (χ0) is 10.1. The summed E-state index contributed by atoms with van der Waals surface area (Å²) < 4.78 is 1.99. The molecule has 0 amide bonds. The van der Waals surface area contributed by atoms with Gasteiger partial charge in [0.2, 0.25) is 0 Å². The van der Waals surface area contributed by atoms with Gasteiger partial charge in [0, 0.05) is 24.8 Å². The van der Waals surface area contributed by atoms with Crippen LogP contribution in [0.2, 0.25) is 0 Å². The average Bonchev–Trinajstić information content (AvgIpc) is 2.43. The zero-order valence-corrected chi connectivity index (χ0v) is 8.14. The molecule has 4 nitrogen and oxygen atoms in total. The lowest BCUT2D eigenvalue weighted by Gasteiger charge is -2.09. The predicted octanol–water partition coefficient (Wildman–Crippen LogP) is 0.966. The van der Waals surface area contributed by atoms with E-state index >= 15 is 0 Å². The molecule has 2 rings (SSSR count). The third-order valence-corrected chi connectivity index (χ3v) is 2.17. The highest BCUT2D eigenvalue weighted by molar-refractivity contribution is 5.80. The van der Waals surface area contributed by atoms with E-state index in [2.05, 4.69) is 4.98 Å². The molecule has 14 heavy (non-hydrogen) atoms. The van der Waals surface area contributed by atoms with Crippen molar-refractivity contribution in [3.8, 4) is 0 Å². The van der Waals surface area contributed by atoms with E-state index < -0.39 is 0 Å². The van der Waals surface area contributed by atoms with Crippen molar-refractivity contribution in [1.29, 1.82) is 0 Å². The molecule has 1 atom stereocenters. The summed E-state index contributed by atoms with van der Waals surface area (Å²) in [5.74, 6) is 0.719. The highest BCUT2D eigenvalue weighted by Crippen LogP contribution is 2.19. The number of rotatable bonds is 2. The lowest BCUT2D eigenvalue weighted by molar-refractivity contribution is 0.610. The summed E-state index contributed by atoms with van der Waals surface area (Å²) >= 11 is 0. The number of hydrogen-bond acceptors (Lipinski definition) is 3. The molecule has 2 aromatic heterocycles. The van der Waals surface area contributed by atoms with Crippen molar-refractivity contribution in [2.75, 3.05) is 5.73 Å². The summed E-state index contributed by atoms with van der Waals surface area (Å²) in [5.41, 5.74) is 13.6. The van der Waals surface area contributed by atoms with Crippen LogP contribution in [0.5, 0.6) is 0 Å². The SMILES string of the molecule is CC(N)Cn1c(N)cc2ncccc21. The van der Waals surface area contributed by atoms with Gasteiger partial charge in [0.25, 0.3) is 0 Å². The molecule has 0 radical (unpaired) electrons. The number of nitrogen functional groups attached to an aromatic ring is 1. The second kappa shape index (κ2) is 3.31. The average molecular weight is 190 g/mol. The van der Waals surface area contributed by atoms with Crippen molar-refractivity contribution in [3.05, 3.63) is 24.4 Å². The van der Waals surface area contributed by atoms with Gasteiger partial charge in [-0.25, -0.2) is 0 Å². The van der Waals surface area contributed by atoms with Crippen molar-refractivity contribution < 1.29 is 0 Å². The Bertz CT molecular complexity index is 444. The number of anilines is 1. The van der Waals surface area contributed by atoms with Crippen LogP contribution in [-0.2, 0) is 6.54 Å². The van der Waals surface area contributed by atoms with Crippen LogP contribution in [0.15, 0.2) is 24.4 Å². The highest BCUT2D eigenvalue weighted by Gasteiger charge is 2.07. The molecular weight excluding hydrogens is 176 g/mol. The van der Waals surface area contributed by atoms with Gasteiger partial charge in [-0.1, -0.05) is 0 Å². The van der Waals surface area contributed by atoms with Gasteiger partial charge < -0.3 is 16.0 Å². The van der Waals surface area contributed by atoms with Crippen molar-refractivity contribution in [2.24, 2.45) is 5.73 Å². The van der Waals surface area contributed by atoms with E-state index in [9.17, 15) is 0 Å². The molecule has 4 heteroatoms. The van der Waals surface area contributed by atoms with Crippen LogP contribution in [0.1, 0.15) is 6.92 Å². The molecule has 74 valence electrons. The van der Waals surface area contributed by atoms with Crippen molar-refractivity contribution in [1.82, 2.24) is 9.55 Å². The summed E-state index contributed by atoms with van der Waals surface area (Å²) in [4.78, 5) is 4.23. The lowest BCUT2D eigenvalue weighted by Crippen LogP contribution is -2.22. The van der Waals surface area contributed by atoms with Crippen LogP contribution in [0.3, 0.4) is 0 Å². The molecule has 0 aromatic carbocycles. The minimum absolute atomic E-state index is 0.0908. The number of nitrogens with zero attached hydrogens (tertiary/aromatic N) is 2. The summed E-state index contributed by atoms with van der Waals surface area (Å²) in [5, 5.41) is 0. The minimum Gasteiger partial charge on any atom is -0.385 e. The fraction of sp³-hybridized carbons (Fsp3) is 0.300. The summed E-state index contributed by atoms with van der Waals surface area (Å²) in [6.07, 6.45) is 1.76. The van der Waals surface area contributed by atoms with Crippen LogP contribution >= 0.6 is 0 Å². The van der Waals surface area contributed by atoms with Crippen LogP contribution in [0, 0.1) is 0 Å². The first kappa shape index (κ1) is 9.02. The van der Waals surface area contributed by atoms with Gasteiger partial charge in [-0.15, -0.1) is 0 Å². The Labute approximate surface area is 82.5 Å². The molecule has 0 saturated carbocycles. The monoisotopic (exact) mass is 190 g/mol. The van der Waals surface area contributed by atoms with E-state index in [0.717, 1.165) is 23.4 Å². The van der Waals surface area contributed by atoms with Crippen LogP contribution in [-0.4, -0.2) is 15.6 Å². The maximum absolute atomic E-state index is 5.87. The zero-order valence-electron chi connectivity index (χ0n) is 8.14.